The standard InChI is InChI=1S/C15H27N3O2S/c1-7(2)10-13(16)11(8(3)4)15(21(18,19)20)12(9(5)6)14(10)17/h7-9H,16-17H2,1-6H3,(H2,18,19,20). The van der Waals surface area contributed by atoms with Crippen molar-refractivity contribution in [2.75, 3.05) is 11.5 Å². The average Bonchev–Trinajstić information content (AvgIpc) is 2.24. The first kappa shape index (κ1) is 17.8. The summed E-state index contributed by atoms with van der Waals surface area (Å²) in [6.07, 6.45) is 0. The minimum absolute atomic E-state index is 0.0612. The van der Waals surface area contributed by atoms with Gasteiger partial charge in [0, 0.05) is 16.9 Å². The van der Waals surface area contributed by atoms with Gasteiger partial charge in [-0.3, -0.25) is 0 Å². The number of primary sulfonamides is 1. The zero-order valence-corrected chi connectivity index (χ0v) is 14.5. The predicted molar refractivity (Wildman–Crippen MR) is 88.9 cm³/mol. The van der Waals surface area contributed by atoms with Crippen molar-refractivity contribution < 1.29 is 8.42 Å². The molecule has 0 spiro atoms. The quantitative estimate of drug-likeness (QED) is 0.742. The second-order valence-electron chi connectivity index (χ2n) is 6.41. The van der Waals surface area contributed by atoms with E-state index < -0.39 is 10.0 Å². The topological polar surface area (TPSA) is 112 Å². The lowest BCUT2D eigenvalue weighted by Gasteiger charge is -2.27. The summed E-state index contributed by atoms with van der Waals surface area (Å²) in [5.74, 6) is -0.0163. The lowest BCUT2D eigenvalue weighted by molar-refractivity contribution is 0.592. The van der Waals surface area contributed by atoms with Crippen LogP contribution in [0.1, 0.15) is 76.0 Å². The van der Waals surface area contributed by atoms with Crippen LogP contribution >= 0.6 is 0 Å². The van der Waals surface area contributed by atoms with Crippen molar-refractivity contribution in [2.24, 2.45) is 5.14 Å². The number of anilines is 2. The highest BCUT2D eigenvalue weighted by Crippen LogP contribution is 2.44. The molecule has 0 atom stereocenters. The van der Waals surface area contributed by atoms with E-state index in [9.17, 15) is 8.42 Å². The Morgan fingerprint density at radius 2 is 1.00 bits per heavy atom. The van der Waals surface area contributed by atoms with E-state index in [-0.39, 0.29) is 22.6 Å². The highest BCUT2D eigenvalue weighted by molar-refractivity contribution is 7.89. The Bertz CT molecular complexity index is 612. The Labute approximate surface area is 127 Å². The van der Waals surface area contributed by atoms with Crippen molar-refractivity contribution >= 4 is 21.4 Å². The molecule has 21 heavy (non-hydrogen) atoms. The maximum atomic E-state index is 12.1. The number of hydrogen-bond donors (Lipinski definition) is 3. The van der Waals surface area contributed by atoms with Gasteiger partial charge >= 0.3 is 0 Å². The molecule has 6 N–H and O–H groups in total. The molecule has 0 amide bonds. The molecule has 0 fully saturated rings. The molecule has 1 aromatic carbocycles. The number of nitrogen functional groups attached to an aromatic ring is 2. The van der Waals surface area contributed by atoms with Crippen LogP contribution in [0.15, 0.2) is 4.90 Å². The maximum absolute atomic E-state index is 12.1. The van der Waals surface area contributed by atoms with Crippen molar-refractivity contribution in [1.29, 1.82) is 0 Å². The highest BCUT2D eigenvalue weighted by atomic mass is 32.2. The van der Waals surface area contributed by atoms with Gasteiger partial charge in [-0.2, -0.15) is 0 Å². The molecule has 0 aliphatic carbocycles. The van der Waals surface area contributed by atoms with Crippen molar-refractivity contribution in [3.8, 4) is 0 Å². The molecule has 0 aliphatic heterocycles. The normalized spacial score (nSPS) is 12.7. The van der Waals surface area contributed by atoms with E-state index in [1.165, 1.54) is 0 Å². The number of hydrogen-bond acceptors (Lipinski definition) is 4. The van der Waals surface area contributed by atoms with Crippen molar-refractivity contribution in [2.45, 2.75) is 64.2 Å². The first-order chi connectivity index (χ1) is 9.41. The van der Waals surface area contributed by atoms with Gasteiger partial charge in [0.1, 0.15) is 0 Å². The Hall–Kier alpha value is -1.27. The van der Waals surface area contributed by atoms with Crippen LogP contribution < -0.4 is 16.6 Å². The SMILES string of the molecule is CC(C)c1c(N)c(C(C)C)c(S(N)(=O)=O)c(C(C)C)c1N. The molecule has 120 valence electrons. The summed E-state index contributed by atoms with van der Waals surface area (Å²) >= 11 is 0. The second-order valence-corrected chi connectivity index (χ2v) is 7.90. The smallest absolute Gasteiger partial charge is 0.238 e. The summed E-state index contributed by atoms with van der Waals surface area (Å²) in [7, 11) is -3.90. The molecule has 1 rings (SSSR count). The molecule has 6 heteroatoms. The number of rotatable bonds is 4. The minimum Gasteiger partial charge on any atom is -0.398 e. The third-order valence-electron chi connectivity index (χ3n) is 3.67. The summed E-state index contributed by atoms with van der Waals surface area (Å²) in [4.78, 5) is 0.104. The summed E-state index contributed by atoms with van der Waals surface area (Å²) in [5.41, 5.74) is 15.4. The molecule has 5 nitrogen and oxygen atoms in total. The first-order valence-corrected chi connectivity index (χ1v) is 8.73. The Kier molecular flexibility index (Phi) is 4.95. The molecule has 0 aromatic heterocycles. The van der Waals surface area contributed by atoms with Crippen LogP contribution in [0.3, 0.4) is 0 Å². The van der Waals surface area contributed by atoms with Crippen molar-refractivity contribution in [1.82, 2.24) is 0 Å². The summed E-state index contributed by atoms with van der Waals surface area (Å²) < 4.78 is 24.3. The summed E-state index contributed by atoms with van der Waals surface area (Å²) in [6.45, 7) is 11.6. The van der Waals surface area contributed by atoms with Crippen molar-refractivity contribution in [3.05, 3.63) is 16.7 Å². The zero-order valence-electron chi connectivity index (χ0n) is 13.7. The summed E-state index contributed by atoms with van der Waals surface area (Å²) in [5, 5.41) is 5.46. The van der Waals surface area contributed by atoms with Gasteiger partial charge in [0.15, 0.2) is 0 Å². The molecule has 0 saturated carbocycles. The van der Waals surface area contributed by atoms with E-state index in [1.807, 2.05) is 41.5 Å². The molecule has 0 heterocycles. The van der Waals surface area contributed by atoms with E-state index in [4.69, 9.17) is 16.6 Å². The first-order valence-electron chi connectivity index (χ1n) is 7.18. The van der Waals surface area contributed by atoms with Gasteiger partial charge < -0.3 is 11.5 Å². The van der Waals surface area contributed by atoms with E-state index in [0.717, 1.165) is 5.56 Å². The molecule has 0 saturated heterocycles. The second kappa shape index (κ2) is 5.85. The number of benzene rings is 1. The Morgan fingerprint density at radius 1 is 0.714 bits per heavy atom. The van der Waals surface area contributed by atoms with Gasteiger partial charge in [0.25, 0.3) is 0 Å². The van der Waals surface area contributed by atoms with Gasteiger partial charge in [0.05, 0.1) is 4.90 Å². The average molecular weight is 313 g/mol. The van der Waals surface area contributed by atoms with Crippen molar-refractivity contribution in [3.63, 3.8) is 0 Å². The van der Waals surface area contributed by atoms with Gasteiger partial charge in [-0.15, -0.1) is 0 Å². The van der Waals surface area contributed by atoms with Crippen LogP contribution in [-0.2, 0) is 10.0 Å². The van der Waals surface area contributed by atoms with Crippen LogP contribution in [0.4, 0.5) is 11.4 Å². The van der Waals surface area contributed by atoms with Crippen LogP contribution in [-0.4, -0.2) is 8.42 Å². The largest absolute Gasteiger partial charge is 0.398 e. The minimum atomic E-state index is -3.90. The summed E-state index contributed by atoms with van der Waals surface area (Å²) in [6, 6.07) is 0. The monoisotopic (exact) mass is 313 g/mol. The van der Waals surface area contributed by atoms with Gasteiger partial charge in [0.2, 0.25) is 10.0 Å². The lowest BCUT2D eigenvalue weighted by Crippen LogP contribution is -2.22. The molecular weight excluding hydrogens is 286 g/mol. The third kappa shape index (κ3) is 3.16. The Balaban J connectivity index is 4.12. The predicted octanol–water partition coefficient (Wildman–Crippen LogP) is 2.87. The molecular formula is C15H27N3O2S. The Morgan fingerprint density at radius 3 is 1.19 bits per heavy atom. The van der Waals surface area contributed by atoms with Crippen LogP contribution in [0.25, 0.3) is 0 Å². The fourth-order valence-electron chi connectivity index (χ4n) is 2.90. The van der Waals surface area contributed by atoms with Crippen LogP contribution in [0.2, 0.25) is 0 Å². The van der Waals surface area contributed by atoms with E-state index in [1.54, 1.807) is 0 Å². The zero-order chi connectivity index (χ0) is 16.7. The van der Waals surface area contributed by atoms with E-state index in [0.29, 0.717) is 22.5 Å². The third-order valence-corrected chi connectivity index (χ3v) is 4.68. The van der Waals surface area contributed by atoms with Crippen LogP contribution in [0, 0.1) is 0 Å². The molecule has 1 aromatic rings. The van der Waals surface area contributed by atoms with E-state index in [2.05, 4.69) is 0 Å². The molecule has 0 bridgehead atoms. The van der Waals surface area contributed by atoms with Gasteiger partial charge in [-0.1, -0.05) is 41.5 Å². The fourth-order valence-corrected chi connectivity index (χ4v) is 4.20. The molecule has 0 radical (unpaired) electrons. The number of nitrogens with two attached hydrogens (primary N) is 3. The van der Waals surface area contributed by atoms with Gasteiger partial charge in [-0.25, -0.2) is 13.6 Å². The van der Waals surface area contributed by atoms with Crippen LogP contribution in [0.5, 0.6) is 0 Å². The molecule has 0 aliphatic rings. The molecule has 0 unspecified atom stereocenters. The van der Waals surface area contributed by atoms with E-state index >= 15 is 0 Å². The highest BCUT2D eigenvalue weighted by Gasteiger charge is 2.30. The number of sulfonamides is 1. The lowest BCUT2D eigenvalue weighted by atomic mass is 9.85. The fraction of sp³-hybridized carbons (Fsp3) is 0.600. The maximum Gasteiger partial charge on any atom is 0.238 e. The van der Waals surface area contributed by atoms with Gasteiger partial charge in [-0.05, 0) is 28.9 Å².